The molecule has 0 spiro atoms. The number of nitrogens with one attached hydrogen (secondary N) is 1. The van der Waals surface area contributed by atoms with E-state index in [4.69, 9.17) is 9.47 Å². The van der Waals surface area contributed by atoms with E-state index in [0.29, 0.717) is 56.0 Å². The summed E-state index contributed by atoms with van der Waals surface area (Å²) in [5.41, 5.74) is 0.960. The Kier molecular flexibility index (Phi) is 7.62. The monoisotopic (exact) mass is 473 g/mol. The highest BCUT2D eigenvalue weighted by molar-refractivity contribution is 7.89. The Hall–Kier alpha value is -2.49. The van der Waals surface area contributed by atoms with E-state index >= 15 is 0 Å². The molecular formula is C24H31N3O5S. The van der Waals surface area contributed by atoms with Crippen LogP contribution in [-0.4, -0.2) is 56.5 Å². The summed E-state index contributed by atoms with van der Waals surface area (Å²) in [7, 11) is -3.70. The van der Waals surface area contributed by atoms with Crippen LogP contribution in [-0.2, 0) is 14.8 Å². The number of aryl methyl sites for hydroxylation is 1. The maximum absolute atomic E-state index is 13.1. The summed E-state index contributed by atoms with van der Waals surface area (Å²) in [6.45, 7) is 3.70. The van der Waals surface area contributed by atoms with E-state index in [9.17, 15) is 13.2 Å². The Morgan fingerprint density at radius 2 is 1.94 bits per heavy atom. The van der Waals surface area contributed by atoms with Gasteiger partial charge in [0.2, 0.25) is 10.0 Å². The molecule has 1 aliphatic carbocycles. The predicted octanol–water partition coefficient (Wildman–Crippen LogP) is 3.62. The van der Waals surface area contributed by atoms with Crippen LogP contribution in [0.5, 0.6) is 5.75 Å². The van der Waals surface area contributed by atoms with Crippen LogP contribution in [0.1, 0.15) is 48.0 Å². The molecule has 1 aromatic carbocycles. The molecule has 0 unspecified atom stereocenters. The minimum atomic E-state index is -3.70. The molecule has 2 aromatic rings. The molecule has 178 valence electrons. The zero-order chi connectivity index (χ0) is 23.3. The second-order valence-electron chi connectivity index (χ2n) is 8.61. The second-order valence-corrected chi connectivity index (χ2v) is 10.6. The van der Waals surface area contributed by atoms with Crippen molar-refractivity contribution in [2.45, 2.75) is 43.9 Å². The van der Waals surface area contributed by atoms with Gasteiger partial charge in [0.1, 0.15) is 0 Å². The summed E-state index contributed by atoms with van der Waals surface area (Å²) in [6, 6.07) is 8.18. The molecule has 2 heterocycles. The first-order chi connectivity index (χ1) is 15.9. The average molecular weight is 474 g/mol. The maximum atomic E-state index is 13.1. The topological polar surface area (TPSA) is 97.8 Å². The first-order valence-electron chi connectivity index (χ1n) is 11.5. The van der Waals surface area contributed by atoms with Gasteiger partial charge in [0.05, 0.1) is 24.7 Å². The largest absolute Gasteiger partial charge is 0.489 e. The highest BCUT2D eigenvalue weighted by Gasteiger charge is 2.27. The highest BCUT2D eigenvalue weighted by Crippen LogP contribution is 2.28. The SMILES string of the molecule is Cc1ccc(S(=O)(=O)N2CCOCC2)cc1C(=O)Nc1ncccc1OCC1CCCCC1. The molecule has 0 atom stereocenters. The zero-order valence-electron chi connectivity index (χ0n) is 19.0. The van der Waals surface area contributed by atoms with Crippen LogP contribution in [0.15, 0.2) is 41.4 Å². The van der Waals surface area contributed by atoms with Crippen molar-refractivity contribution in [1.29, 1.82) is 0 Å². The van der Waals surface area contributed by atoms with E-state index in [-0.39, 0.29) is 10.5 Å². The van der Waals surface area contributed by atoms with Crippen molar-refractivity contribution in [3.63, 3.8) is 0 Å². The summed E-state index contributed by atoms with van der Waals surface area (Å²) in [5, 5.41) is 2.81. The van der Waals surface area contributed by atoms with Gasteiger partial charge < -0.3 is 14.8 Å². The lowest BCUT2D eigenvalue weighted by atomic mass is 9.90. The lowest BCUT2D eigenvalue weighted by molar-refractivity contribution is 0.0730. The number of carbonyl (C=O) groups excluding carboxylic acids is 1. The summed E-state index contributed by atoms with van der Waals surface area (Å²) in [5.74, 6) is 0.949. The number of ether oxygens (including phenoxy) is 2. The summed E-state index contributed by atoms with van der Waals surface area (Å²) >= 11 is 0. The van der Waals surface area contributed by atoms with Crippen LogP contribution in [0, 0.1) is 12.8 Å². The Bertz CT molecular complexity index is 1080. The standard InChI is InChI=1S/C24H31N3O5S/c1-18-9-10-20(33(29,30)27-12-14-31-15-13-27)16-21(18)24(28)26-23-22(8-5-11-25-23)32-17-19-6-3-2-4-7-19/h5,8-11,16,19H,2-4,6-7,12-15,17H2,1H3,(H,25,26,28). The number of sulfonamides is 1. The third-order valence-corrected chi connectivity index (χ3v) is 8.16. The zero-order valence-corrected chi connectivity index (χ0v) is 19.8. The van der Waals surface area contributed by atoms with E-state index in [1.165, 1.54) is 35.7 Å². The van der Waals surface area contributed by atoms with Crippen molar-refractivity contribution in [3.05, 3.63) is 47.7 Å². The minimum absolute atomic E-state index is 0.0925. The van der Waals surface area contributed by atoms with Crippen LogP contribution in [0.4, 0.5) is 5.82 Å². The molecule has 0 bridgehead atoms. The van der Waals surface area contributed by atoms with Crippen molar-refractivity contribution in [1.82, 2.24) is 9.29 Å². The van der Waals surface area contributed by atoms with Crippen LogP contribution < -0.4 is 10.1 Å². The van der Waals surface area contributed by atoms with Crippen molar-refractivity contribution in [2.24, 2.45) is 5.92 Å². The van der Waals surface area contributed by atoms with Gasteiger partial charge in [-0.3, -0.25) is 4.79 Å². The third kappa shape index (κ3) is 5.72. The normalized spacial score (nSPS) is 18.1. The highest BCUT2D eigenvalue weighted by atomic mass is 32.2. The number of rotatable bonds is 7. The Morgan fingerprint density at radius 3 is 2.70 bits per heavy atom. The number of amides is 1. The Morgan fingerprint density at radius 1 is 1.18 bits per heavy atom. The van der Waals surface area contributed by atoms with E-state index in [1.807, 2.05) is 0 Å². The van der Waals surface area contributed by atoms with Gasteiger partial charge in [-0.2, -0.15) is 4.31 Å². The summed E-state index contributed by atoms with van der Waals surface area (Å²) in [6.07, 6.45) is 7.65. The molecule has 2 fully saturated rings. The fourth-order valence-electron chi connectivity index (χ4n) is 4.28. The molecule has 33 heavy (non-hydrogen) atoms. The van der Waals surface area contributed by atoms with Gasteiger partial charge >= 0.3 is 0 Å². The molecule has 2 aliphatic rings. The minimum Gasteiger partial charge on any atom is -0.489 e. The number of anilines is 1. The number of carbonyl (C=O) groups is 1. The van der Waals surface area contributed by atoms with Crippen LogP contribution in [0.3, 0.4) is 0 Å². The molecule has 8 nitrogen and oxygen atoms in total. The Balaban J connectivity index is 1.50. The molecule has 1 saturated carbocycles. The summed E-state index contributed by atoms with van der Waals surface area (Å²) in [4.78, 5) is 17.5. The molecule has 1 aliphatic heterocycles. The molecule has 9 heteroatoms. The Labute approximate surface area is 195 Å². The van der Waals surface area contributed by atoms with E-state index < -0.39 is 15.9 Å². The average Bonchev–Trinajstić information content (AvgIpc) is 2.85. The maximum Gasteiger partial charge on any atom is 0.257 e. The third-order valence-electron chi connectivity index (χ3n) is 6.26. The molecule has 1 amide bonds. The van der Waals surface area contributed by atoms with Crippen molar-refractivity contribution in [2.75, 3.05) is 38.2 Å². The summed E-state index contributed by atoms with van der Waals surface area (Å²) < 4.78 is 38.7. The molecule has 1 aromatic heterocycles. The first kappa shape index (κ1) is 23.7. The van der Waals surface area contributed by atoms with E-state index in [2.05, 4.69) is 10.3 Å². The number of aromatic nitrogens is 1. The predicted molar refractivity (Wildman–Crippen MR) is 125 cm³/mol. The molecule has 0 radical (unpaired) electrons. The second kappa shape index (κ2) is 10.6. The smallest absolute Gasteiger partial charge is 0.257 e. The lowest BCUT2D eigenvalue weighted by Gasteiger charge is -2.26. The lowest BCUT2D eigenvalue weighted by Crippen LogP contribution is -2.40. The van der Waals surface area contributed by atoms with Crippen LogP contribution >= 0.6 is 0 Å². The van der Waals surface area contributed by atoms with E-state index in [0.717, 1.165) is 12.8 Å². The van der Waals surface area contributed by atoms with Crippen LogP contribution in [0.25, 0.3) is 0 Å². The molecule has 4 rings (SSSR count). The van der Waals surface area contributed by atoms with Gasteiger partial charge in [0.15, 0.2) is 11.6 Å². The van der Waals surface area contributed by atoms with Crippen molar-refractivity contribution < 1.29 is 22.7 Å². The van der Waals surface area contributed by atoms with Crippen LogP contribution in [0.2, 0.25) is 0 Å². The van der Waals surface area contributed by atoms with Gasteiger partial charge in [0, 0.05) is 24.8 Å². The van der Waals surface area contributed by atoms with Gasteiger partial charge in [-0.1, -0.05) is 25.3 Å². The quantitative estimate of drug-likeness (QED) is 0.660. The fraction of sp³-hybridized carbons (Fsp3) is 0.500. The first-order valence-corrected chi connectivity index (χ1v) is 13.0. The van der Waals surface area contributed by atoms with Gasteiger partial charge in [-0.25, -0.2) is 13.4 Å². The number of pyridine rings is 1. The van der Waals surface area contributed by atoms with Gasteiger partial charge in [-0.05, 0) is 55.5 Å². The number of benzene rings is 1. The fourth-order valence-corrected chi connectivity index (χ4v) is 5.71. The van der Waals surface area contributed by atoms with Gasteiger partial charge in [-0.15, -0.1) is 0 Å². The molecule has 1 saturated heterocycles. The number of nitrogens with zero attached hydrogens (tertiary/aromatic N) is 2. The van der Waals surface area contributed by atoms with Crippen molar-refractivity contribution >= 4 is 21.7 Å². The molecular weight excluding hydrogens is 442 g/mol. The van der Waals surface area contributed by atoms with Gasteiger partial charge in [0.25, 0.3) is 5.91 Å². The molecule has 1 N–H and O–H groups in total. The number of morpholine rings is 1. The van der Waals surface area contributed by atoms with Crippen molar-refractivity contribution in [3.8, 4) is 5.75 Å². The van der Waals surface area contributed by atoms with E-state index in [1.54, 1.807) is 31.3 Å². The number of hydrogen-bond donors (Lipinski definition) is 1. The number of hydrogen-bond acceptors (Lipinski definition) is 6.